The number of carbonyl (C=O) groups is 1. The summed E-state index contributed by atoms with van der Waals surface area (Å²) in [6.45, 7) is 16.7. The van der Waals surface area contributed by atoms with Gasteiger partial charge in [0.05, 0.1) is 17.4 Å². The van der Waals surface area contributed by atoms with E-state index in [2.05, 4.69) is 32.1 Å². The molecule has 4 heterocycles. The Morgan fingerprint density at radius 3 is 2.45 bits per heavy atom. The van der Waals surface area contributed by atoms with Gasteiger partial charge in [-0.3, -0.25) is 9.36 Å². The van der Waals surface area contributed by atoms with Crippen LogP contribution < -0.4 is 26.8 Å². The molecule has 1 saturated carbocycles. The molecule has 3 aromatic rings. The summed E-state index contributed by atoms with van der Waals surface area (Å²) in [5.74, 6) is 0.966. The van der Waals surface area contributed by atoms with Crippen LogP contribution in [0.1, 0.15) is 70.5 Å². The summed E-state index contributed by atoms with van der Waals surface area (Å²) in [6, 6.07) is 3.88. The van der Waals surface area contributed by atoms with Crippen molar-refractivity contribution in [1.82, 2.24) is 29.7 Å². The van der Waals surface area contributed by atoms with E-state index in [-0.39, 0.29) is 23.7 Å². The van der Waals surface area contributed by atoms with Crippen LogP contribution in [-0.4, -0.2) is 74.9 Å². The fourth-order valence-electron chi connectivity index (χ4n) is 5.86. The van der Waals surface area contributed by atoms with Gasteiger partial charge in [-0.05, 0) is 65.2 Å². The zero-order chi connectivity index (χ0) is 31.6. The maximum Gasteiger partial charge on any atom is 0.410 e. The Hall–Kier alpha value is -4.19. The third-order valence-corrected chi connectivity index (χ3v) is 8.12. The Morgan fingerprint density at radius 1 is 1.14 bits per heavy atom. The molecule has 1 amide bonds. The molecule has 2 fully saturated rings. The number of piperazine rings is 1. The molecule has 0 aromatic carbocycles. The lowest BCUT2D eigenvalue weighted by Crippen LogP contribution is -2.50. The summed E-state index contributed by atoms with van der Waals surface area (Å²) in [7, 11) is 0. The molecule has 1 aliphatic carbocycles. The molecule has 1 saturated heterocycles. The van der Waals surface area contributed by atoms with E-state index < -0.39 is 5.60 Å². The van der Waals surface area contributed by atoms with Gasteiger partial charge in [-0.2, -0.15) is 4.98 Å². The lowest BCUT2D eigenvalue weighted by molar-refractivity contribution is 0.0240. The number of pyridine rings is 2. The monoisotopic (exact) mass is 603 g/mol. The second-order valence-corrected chi connectivity index (χ2v) is 12.9. The van der Waals surface area contributed by atoms with Crippen molar-refractivity contribution >= 4 is 40.3 Å². The smallest absolute Gasteiger partial charge is 0.410 e. The molecule has 12 heteroatoms. The van der Waals surface area contributed by atoms with Crippen LogP contribution in [0.25, 0.3) is 16.7 Å². The van der Waals surface area contributed by atoms with Crippen molar-refractivity contribution in [3.63, 3.8) is 0 Å². The molecule has 0 radical (unpaired) electrons. The van der Waals surface area contributed by atoms with Crippen molar-refractivity contribution in [2.75, 3.05) is 42.9 Å². The van der Waals surface area contributed by atoms with Gasteiger partial charge in [0, 0.05) is 62.1 Å². The minimum Gasteiger partial charge on any atom is -0.444 e. The van der Waals surface area contributed by atoms with E-state index in [0.717, 1.165) is 42.3 Å². The summed E-state index contributed by atoms with van der Waals surface area (Å²) in [5, 5.41) is 7.26. The van der Waals surface area contributed by atoms with E-state index in [4.69, 9.17) is 15.5 Å². The number of nitrogens with one attached hydrogen (secondary N) is 2. The van der Waals surface area contributed by atoms with Gasteiger partial charge in [0.1, 0.15) is 17.1 Å². The Labute approximate surface area is 258 Å². The minimum atomic E-state index is -0.512. The Kier molecular flexibility index (Phi) is 9.10. The van der Waals surface area contributed by atoms with Crippen molar-refractivity contribution in [2.24, 2.45) is 5.73 Å². The van der Waals surface area contributed by atoms with Crippen molar-refractivity contribution in [3.05, 3.63) is 52.6 Å². The largest absolute Gasteiger partial charge is 0.444 e. The normalized spacial score (nSPS) is 16.7. The topological polar surface area (TPSA) is 144 Å². The van der Waals surface area contributed by atoms with E-state index in [1.807, 2.05) is 51.3 Å². The summed E-state index contributed by atoms with van der Waals surface area (Å²) in [4.78, 5) is 44.3. The number of carbonyl (C=O) groups excluding carboxylic acids is 1. The zero-order valence-corrected chi connectivity index (χ0v) is 26.5. The lowest BCUT2D eigenvalue weighted by atomic mass is 10.0. The molecule has 44 heavy (non-hydrogen) atoms. The quantitative estimate of drug-likeness (QED) is 0.341. The molecule has 0 bridgehead atoms. The van der Waals surface area contributed by atoms with Gasteiger partial charge in [0.2, 0.25) is 5.95 Å². The highest BCUT2D eigenvalue weighted by Crippen LogP contribution is 2.32. The number of hydrogen-bond donors (Lipinski definition) is 3. The van der Waals surface area contributed by atoms with Crippen molar-refractivity contribution in [1.29, 1.82) is 0 Å². The van der Waals surface area contributed by atoms with Crippen LogP contribution >= 0.6 is 0 Å². The van der Waals surface area contributed by atoms with Gasteiger partial charge in [-0.1, -0.05) is 19.4 Å². The van der Waals surface area contributed by atoms with Crippen LogP contribution in [0.15, 0.2) is 35.9 Å². The molecule has 3 aromatic heterocycles. The first-order chi connectivity index (χ1) is 20.9. The SMILES string of the molecule is C=C(NCC(C)N)c1c(C)c2cnc(Nc3ccc(N4CCN(C(=O)OC(C)(C)C)CC4)cn3)nc2n(C2CCCC2)c1=O. The van der Waals surface area contributed by atoms with Crippen LogP contribution in [0, 0.1) is 6.92 Å². The van der Waals surface area contributed by atoms with E-state index in [1.165, 1.54) is 0 Å². The number of aromatic nitrogens is 4. The second-order valence-electron chi connectivity index (χ2n) is 12.9. The highest BCUT2D eigenvalue weighted by molar-refractivity contribution is 5.85. The average molecular weight is 604 g/mol. The van der Waals surface area contributed by atoms with Gasteiger partial charge in [-0.25, -0.2) is 14.8 Å². The number of fused-ring (bicyclic) bond motifs is 1. The minimum absolute atomic E-state index is 0.0708. The summed E-state index contributed by atoms with van der Waals surface area (Å²) in [5.41, 5.74) is 8.82. The molecule has 4 N–H and O–H groups in total. The molecule has 1 atom stereocenters. The second kappa shape index (κ2) is 12.8. The van der Waals surface area contributed by atoms with Crippen LogP contribution in [0.5, 0.6) is 0 Å². The summed E-state index contributed by atoms with van der Waals surface area (Å²) >= 11 is 0. The number of anilines is 3. The maximum absolute atomic E-state index is 14.0. The van der Waals surface area contributed by atoms with Crippen LogP contribution in [0.4, 0.5) is 22.2 Å². The molecule has 236 valence electrons. The number of nitrogens with zero attached hydrogens (tertiary/aromatic N) is 6. The van der Waals surface area contributed by atoms with Gasteiger partial charge >= 0.3 is 6.09 Å². The molecule has 12 nitrogen and oxygen atoms in total. The number of hydrogen-bond acceptors (Lipinski definition) is 10. The standard InChI is InChI=1S/C32H45N9O3/c1-20(33)17-34-22(3)27-21(2)25-19-36-30(38-28(25)41(29(27)42)23-9-7-8-10-23)37-26-12-11-24(18-35-26)39-13-15-40(16-14-39)31(43)44-32(4,5)6/h11-12,18-20,23,34H,3,7-10,13-17,33H2,1-2,4-6H3,(H,35,36,37,38). The Balaban J connectivity index is 1.34. The van der Waals surface area contributed by atoms with Crippen LogP contribution in [0.3, 0.4) is 0 Å². The van der Waals surface area contributed by atoms with Crippen LogP contribution in [-0.2, 0) is 4.74 Å². The van der Waals surface area contributed by atoms with E-state index in [0.29, 0.717) is 61.4 Å². The number of amides is 1. The van der Waals surface area contributed by atoms with E-state index in [9.17, 15) is 9.59 Å². The molecular weight excluding hydrogens is 558 g/mol. The van der Waals surface area contributed by atoms with Gasteiger partial charge in [0.25, 0.3) is 5.56 Å². The lowest BCUT2D eigenvalue weighted by Gasteiger charge is -2.36. The predicted octanol–water partition coefficient (Wildman–Crippen LogP) is 4.32. The van der Waals surface area contributed by atoms with Crippen molar-refractivity contribution < 1.29 is 9.53 Å². The molecule has 2 aliphatic rings. The zero-order valence-electron chi connectivity index (χ0n) is 26.5. The average Bonchev–Trinajstić information content (AvgIpc) is 3.50. The first-order valence-corrected chi connectivity index (χ1v) is 15.5. The Bertz CT molecular complexity index is 1560. The third kappa shape index (κ3) is 6.96. The highest BCUT2D eigenvalue weighted by atomic mass is 16.6. The number of ether oxygens (including phenoxy) is 1. The molecule has 5 rings (SSSR count). The number of nitrogens with two attached hydrogens (primary N) is 1. The van der Waals surface area contributed by atoms with Gasteiger partial charge in [0.15, 0.2) is 0 Å². The Morgan fingerprint density at radius 2 is 1.84 bits per heavy atom. The third-order valence-electron chi connectivity index (χ3n) is 8.12. The fourth-order valence-corrected chi connectivity index (χ4v) is 5.86. The molecular formula is C32H45N9O3. The number of rotatable bonds is 8. The predicted molar refractivity (Wildman–Crippen MR) is 174 cm³/mol. The van der Waals surface area contributed by atoms with E-state index in [1.54, 1.807) is 17.3 Å². The van der Waals surface area contributed by atoms with Gasteiger partial charge < -0.3 is 30.9 Å². The fraction of sp³-hybridized carbons (Fsp3) is 0.531. The summed E-state index contributed by atoms with van der Waals surface area (Å²) in [6.07, 6.45) is 7.31. The first kappa shape index (κ1) is 31.2. The maximum atomic E-state index is 14.0. The van der Waals surface area contributed by atoms with Gasteiger partial charge in [-0.15, -0.1) is 0 Å². The van der Waals surface area contributed by atoms with Crippen molar-refractivity contribution in [2.45, 2.75) is 78.0 Å². The van der Waals surface area contributed by atoms with E-state index >= 15 is 0 Å². The first-order valence-electron chi connectivity index (χ1n) is 15.5. The molecule has 0 spiro atoms. The molecule has 1 unspecified atom stereocenters. The molecule has 1 aliphatic heterocycles. The van der Waals surface area contributed by atoms with Crippen LogP contribution in [0.2, 0.25) is 0 Å². The number of aryl methyl sites for hydroxylation is 1. The highest BCUT2D eigenvalue weighted by Gasteiger charge is 2.27. The summed E-state index contributed by atoms with van der Waals surface area (Å²) < 4.78 is 7.34. The van der Waals surface area contributed by atoms with Crippen molar-refractivity contribution in [3.8, 4) is 0 Å².